The smallest absolute Gasteiger partial charge is 0.132 e. The topological polar surface area (TPSA) is 63.8 Å². The Bertz CT molecular complexity index is 508. The molecule has 0 atom stereocenters. The molecule has 0 radical (unpaired) electrons. The Balaban J connectivity index is 2.27. The van der Waals surface area contributed by atoms with E-state index < -0.39 is 0 Å². The summed E-state index contributed by atoms with van der Waals surface area (Å²) in [7, 11) is 0. The minimum absolute atomic E-state index is 0.503. The first-order valence-corrected chi connectivity index (χ1v) is 5.09. The standard InChI is InChI=1S/C12H14N4/c1-8-6-7-10(9(2)14-8)15-12-5-3-4-11(13)16-12/h3-7H,1-2H3,(H3,13,15,16). The number of hydrogen-bond donors (Lipinski definition) is 2. The van der Waals surface area contributed by atoms with Gasteiger partial charge in [0.1, 0.15) is 11.6 Å². The van der Waals surface area contributed by atoms with E-state index in [0.29, 0.717) is 5.82 Å². The maximum atomic E-state index is 5.61. The molecule has 2 aromatic rings. The Hall–Kier alpha value is -2.10. The normalized spacial score (nSPS) is 10.1. The average Bonchev–Trinajstić information content (AvgIpc) is 2.22. The van der Waals surface area contributed by atoms with Crippen LogP contribution >= 0.6 is 0 Å². The zero-order chi connectivity index (χ0) is 11.5. The van der Waals surface area contributed by atoms with Gasteiger partial charge in [0.15, 0.2) is 0 Å². The SMILES string of the molecule is Cc1ccc(Nc2cccc(N)n2)c(C)n1. The molecule has 16 heavy (non-hydrogen) atoms. The maximum Gasteiger partial charge on any atom is 0.132 e. The Morgan fingerprint density at radius 3 is 2.56 bits per heavy atom. The molecule has 0 aliphatic carbocycles. The number of nitrogens with two attached hydrogens (primary N) is 1. The highest BCUT2D eigenvalue weighted by molar-refractivity contribution is 5.59. The van der Waals surface area contributed by atoms with Crippen molar-refractivity contribution < 1.29 is 0 Å². The summed E-state index contributed by atoms with van der Waals surface area (Å²) in [6.07, 6.45) is 0. The van der Waals surface area contributed by atoms with Gasteiger partial charge in [-0.2, -0.15) is 0 Å². The van der Waals surface area contributed by atoms with E-state index >= 15 is 0 Å². The van der Waals surface area contributed by atoms with Crippen molar-refractivity contribution in [3.8, 4) is 0 Å². The van der Waals surface area contributed by atoms with Gasteiger partial charge >= 0.3 is 0 Å². The van der Waals surface area contributed by atoms with Gasteiger partial charge < -0.3 is 11.1 Å². The van der Waals surface area contributed by atoms with Crippen LogP contribution in [-0.2, 0) is 0 Å². The minimum atomic E-state index is 0.503. The van der Waals surface area contributed by atoms with Crippen LogP contribution in [-0.4, -0.2) is 9.97 Å². The molecular weight excluding hydrogens is 200 g/mol. The van der Waals surface area contributed by atoms with Crippen molar-refractivity contribution in [1.82, 2.24) is 9.97 Å². The highest BCUT2D eigenvalue weighted by Crippen LogP contribution is 2.18. The Kier molecular flexibility index (Phi) is 2.72. The number of nitrogens with zero attached hydrogens (tertiary/aromatic N) is 2. The van der Waals surface area contributed by atoms with Crippen molar-refractivity contribution in [2.75, 3.05) is 11.1 Å². The molecule has 82 valence electrons. The van der Waals surface area contributed by atoms with Gasteiger partial charge in [0.05, 0.1) is 11.4 Å². The number of pyridine rings is 2. The molecule has 0 saturated carbocycles. The summed E-state index contributed by atoms with van der Waals surface area (Å²) in [4.78, 5) is 8.54. The summed E-state index contributed by atoms with van der Waals surface area (Å²) in [5.74, 6) is 1.23. The molecule has 4 heteroatoms. The summed E-state index contributed by atoms with van der Waals surface area (Å²) in [6, 6.07) is 9.44. The first kappa shape index (κ1) is 10.4. The van der Waals surface area contributed by atoms with Gasteiger partial charge in [0.2, 0.25) is 0 Å². The zero-order valence-electron chi connectivity index (χ0n) is 9.36. The van der Waals surface area contributed by atoms with Gasteiger partial charge in [0.25, 0.3) is 0 Å². The van der Waals surface area contributed by atoms with Crippen LogP contribution in [0.2, 0.25) is 0 Å². The van der Waals surface area contributed by atoms with Crippen LogP contribution in [0.5, 0.6) is 0 Å². The van der Waals surface area contributed by atoms with E-state index in [1.807, 2.05) is 38.1 Å². The molecule has 0 aliphatic rings. The van der Waals surface area contributed by atoms with E-state index in [4.69, 9.17) is 5.73 Å². The van der Waals surface area contributed by atoms with E-state index in [1.54, 1.807) is 6.07 Å². The molecule has 0 bridgehead atoms. The molecule has 0 spiro atoms. The fourth-order valence-corrected chi connectivity index (χ4v) is 1.48. The van der Waals surface area contributed by atoms with E-state index in [0.717, 1.165) is 22.9 Å². The zero-order valence-corrected chi connectivity index (χ0v) is 9.36. The summed E-state index contributed by atoms with van der Waals surface area (Å²) >= 11 is 0. The van der Waals surface area contributed by atoms with Crippen LogP contribution in [0, 0.1) is 13.8 Å². The van der Waals surface area contributed by atoms with Gasteiger partial charge in [-0.3, -0.25) is 4.98 Å². The molecule has 0 saturated heterocycles. The third-order valence-corrected chi connectivity index (χ3v) is 2.26. The summed E-state index contributed by atoms with van der Waals surface area (Å²) < 4.78 is 0. The van der Waals surface area contributed by atoms with Crippen molar-refractivity contribution in [2.24, 2.45) is 0 Å². The van der Waals surface area contributed by atoms with E-state index in [9.17, 15) is 0 Å². The predicted molar refractivity (Wildman–Crippen MR) is 65.6 cm³/mol. The lowest BCUT2D eigenvalue weighted by Gasteiger charge is -2.08. The molecule has 4 nitrogen and oxygen atoms in total. The first-order valence-electron chi connectivity index (χ1n) is 5.09. The third kappa shape index (κ3) is 2.28. The highest BCUT2D eigenvalue weighted by Gasteiger charge is 2.01. The lowest BCUT2D eigenvalue weighted by atomic mass is 10.2. The van der Waals surface area contributed by atoms with Gasteiger partial charge in [0, 0.05) is 5.69 Å². The second-order valence-electron chi connectivity index (χ2n) is 3.66. The lowest BCUT2D eigenvalue weighted by Crippen LogP contribution is -1.99. The van der Waals surface area contributed by atoms with Crippen LogP contribution in [0.25, 0.3) is 0 Å². The Morgan fingerprint density at radius 1 is 1.06 bits per heavy atom. The molecule has 2 aromatic heterocycles. The molecule has 3 N–H and O–H groups in total. The van der Waals surface area contributed by atoms with Crippen LogP contribution in [0.3, 0.4) is 0 Å². The number of hydrogen-bond acceptors (Lipinski definition) is 4. The van der Waals surface area contributed by atoms with Gasteiger partial charge in [-0.25, -0.2) is 4.98 Å². The fourth-order valence-electron chi connectivity index (χ4n) is 1.48. The summed E-state index contributed by atoms with van der Waals surface area (Å²) in [5, 5.41) is 3.19. The second-order valence-corrected chi connectivity index (χ2v) is 3.66. The van der Waals surface area contributed by atoms with Crippen LogP contribution in [0.15, 0.2) is 30.3 Å². The van der Waals surface area contributed by atoms with Crippen molar-refractivity contribution in [1.29, 1.82) is 0 Å². The highest BCUT2D eigenvalue weighted by atomic mass is 15.0. The van der Waals surface area contributed by atoms with Crippen LogP contribution < -0.4 is 11.1 Å². The minimum Gasteiger partial charge on any atom is -0.384 e. The number of rotatable bonds is 2. The summed E-state index contributed by atoms with van der Waals surface area (Å²) in [5.41, 5.74) is 8.51. The predicted octanol–water partition coefficient (Wildman–Crippen LogP) is 2.42. The fraction of sp³-hybridized carbons (Fsp3) is 0.167. The van der Waals surface area contributed by atoms with Gasteiger partial charge in [-0.1, -0.05) is 6.07 Å². The van der Waals surface area contributed by atoms with Crippen molar-refractivity contribution in [3.05, 3.63) is 41.7 Å². The monoisotopic (exact) mass is 214 g/mol. The largest absolute Gasteiger partial charge is 0.384 e. The quantitative estimate of drug-likeness (QED) is 0.805. The van der Waals surface area contributed by atoms with Crippen LogP contribution in [0.4, 0.5) is 17.3 Å². The second kappa shape index (κ2) is 4.18. The summed E-state index contributed by atoms with van der Waals surface area (Å²) in [6.45, 7) is 3.93. The Labute approximate surface area is 94.5 Å². The van der Waals surface area contributed by atoms with Gasteiger partial charge in [-0.05, 0) is 38.1 Å². The molecule has 0 amide bonds. The molecule has 2 rings (SSSR count). The first-order chi connectivity index (χ1) is 7.65. The van der Waals surface area contributed by atoms with E-state index in [-0.39, 0.29) is 0 Å². The molecular formula is C12H14N4. The van der Waals surface area contributed by atoms with Gasteiger partial charge in [-0.15, -0.1) is 0 Å². The molecule has 0 aliphatic heterocycles. The molecule has 2 heterocycles. The molecule has 0 unspecified atom stereocenters. The van der Waals surface area contributed by atoms with Crippen LogP contribution in [0.1, 0.15) is 11.4 Å². The maximum absolute atomic E-state index is 5.61. The Morgan fingerprint density at radius 2 is 1.88 bits per heavy atom. The number of anilines is 3. The van der Waals surface area contributed by atoms with E-state index in [2.05, 4.69) is 15.3 Å². The third-order valence-electron chi connectivity index (χ3n) is 2.26. The van der Waals surface area contributed by atoms with E-state index in [1.165, 1.54) is 0 Å². The number of nitrogens with one attached hydrogen (secondary N) is 1. The lowest BCUT2D eigenvalue weighted by molar-refractivity contribution is 1.12. The van der Waals surface area contributed by atoms with Crippen molar-refractivity contribution in [3.63, 3.8) is 0 Å². The number of nitrogen functional groups attached to an aromatic ring is 1. The molecule has 0 fully saturated rings. The van der Waals surface area contributed by atoms with Crippen molar-refractivity contribution in [2.45, 2.75) is 13.8 Å². The van der Waals surface area contributed by atoms with Crippen molar-refractivity contribution >= 4 is 17.3 Å². The molecule has 0 aromatic carbocycles. The number of aromatic nitrogens is 2. The average molecular weight is 214 g/mol. The number of aryl methyl sites for hydroxylation is 2.